The van der Waals surface area contributed by atoms with Crippen molar-refractivity contribution in [1.82, 2.24) is 34.7 Å². The Morgan fingerprint density at radius 3 is 2.79 bits per heavy atom. The first-order valence-corrected chi connectivity index (χ1v) is 9.45. The monoisotopic (exact) mass is 409 g/mol. The van der Waals surface area contributed by atoms with E-state index >= 15 is 0 Å². The summed E-state index contributed by atoms with van der Waals surface area (Å²) in [6.45, 7) is 0.395. The SMILES string of the molecule is O=c1c2nnn(Cc3ccc(F)cc3)c2ncn1Cc1nc(-c2cccs2)no1. The molecule has 144 valence electrons. The number of nitrogens with zero attached hydrogens (tertiary/aromatic N) is 7. The lowest BCUT2D eigenvalue weighted by Crippen LogP contribution is -2.21. The van der Waals surface area contributed by atoms with Gasteiger partial charge in [0.2, 0.25) is 11.7 Å². The maximum Gasteiger partial charge on any atom is 0.283 e. The van der Waals surface area contributed by atoms with Crippen LogP contribution in [0.4, 0.5) is 4.39 Å². The van der Waals surface area contributed by atoms with Gasteiger partial charge in [-0.15, -0.1) is 16.4 Å². The van der Waals surface area contributed by atoms with E-state index in [2.05, 4.69) is 25.4 Å². The molecule has 29 heavy (non-hydrogen) atoms. The zero-order valence-electron chi connectivity index (χ0n) is 14.8. The van der Waals surface area contributed by atoms with Crippen LogP contribution >= 0.6 is 11.3 Å². The topological polar surface area (TPSA) is 105 Å². The van der Waals surface area contributed by atoms with E-state index in [1.54, 1.807) is 12.1 Å². The predicted molar refractivity (Wildman–Crippen MR) is 102 cm³/mol. The van der Waals surface area contributed by atoms with Crippen LogP contribution in [0.5, 0.6) is 0 Å². The molecule has 0 atom stereocenters. The van der Waals surface area contributed by atoms with E-state index in [9.17, 15) is 9.18 Å². The van der Waals surface area contributed by atoms with Crippen LogP contribution in [-0.4, -0.2) is 34.7 Å². The lowest BCUT2D eigenvalue weighted by molar-refractivity contribution is 0.369. The summed E-state index contributed by atoms with van der Waals surface area (Å²) < 4.78 is 21.1. The van der Waals surface area contributed by atoms with Crippen molar-refractivity contribution in [3.05, 3.63) is 75.7 Å². The third-order valence-electron chi connectivity index (χ3n) is 4.25. The van der Waals surface area contributed by atoms with Gasteiger partial charge >= 0.3 is 0 Å². The maximum atomic E-state index is 13.1. The molecule has 0 bridgehead atoms. The van der Waals surface area contributed by atoms with Crippen molar-refractivity contribution in [3.8, 4) is 10.7 Å². The van der Waals surface area contributed by atoms with Gasteiger partial charge in [-0.3, -0.25) is 9.36 Å². The van der Waals surface area contributed by atoms with Gasteiger partial charge < -0.3 is 4.52 Å². The molecule has 0 saturated carbocycles. The molecule has 0 amide bonds. The lowest BCUT2D eigenvalue weighted by Gasteiger charge is -2.03. The molecule has 0 aliphatic heterocycles. The number of benzene rings is 1. The highest BCUT2D eigenvalue weighted by molar-refractivity contribution is 7.13. The molecule has 4 aromatic heterocycles. The second-order valence-corrected chi connectivity index (χ2v) is 7.16. The van der Waals surface area contributed by atoms with Crippen LogP contribution in [0.15, 0.2) is 57.4 Å². The zero-order chi connectivity index (χ0) is 19.8. The van der Waals surface area contributed by atoms with E-state index in [1.165, 1.54) is 39.0 Å². The second kappa shape index (κ2) is 7.02. The second-order valence-electron chi connectivity index (χ2n) is 6.21. The van der Waals surface area contributed by atoms with Crippen LogP contribution in [0.25, 0.3) is 21.9 Å². The summed E-state index contributed by atoms with van der Waals surface area (Å²) in [5, 5.41) is 13.8. The Bertz CT molecular complexity index is 1340. The first-order valence-electron chi connectivity index (χ1n) is 8.57. The minimum Gasteiger partial charge on any atom is -0.337 e. The summed E-state index contributed by atoms with van der Waals surface area (Å²) >= 11 is 1.50. The third-order valence-corrected chi connectivity index (χ3v) is 5.12. The Morgan fingerprint density at radius 2 is 2.00 bits per heavy atom. The van der Waals surface area contributed by atoms with Crippen LogP contribution in [0.3, 0.4) is 0 Å². The molecule has 9 nitrogen and oxygen atoms in total. The van der Waals surface area contributed by atoms with E-state index < -0.39 is 0 Å². The molecule has 5 aromatic rings. The first kappa shape index (κ1) is 17.4. The molecule has 4 heterocycles. The quantitative estimate of drug-likeness (QED) is 0.439. The van der Waals surface area contributed by atoms with Crippen LogP contribution in [-0.2, 0) is 13.1 Å². The molecule has 11 heteroatoms. The summed E-state index contributed by atoms with van der Waals surface area (Å²) in [5.41, 5.74) is 0.931. The molecule has 0 radical (unpaired) electrons. The highest BCUT2D eigenvalue weighted by Crippen LogP contribution is 2.21. The van der Waals surface area contributed by atoms with Crippen molar-refractivity contribution >= 4 is 22.5 Å². The largest absolute Gasteiger partial charge is 0.337 e. The highest BCUT2D eigenvalue weighted by Gasteiger charge is 2.15. The number of hydrogen-bond acceptors (Lipinski definition) is 8. The van der Waals surface area contributed by atoms with Gasteiger partial charge in [0.25, 0.3) is 5.56 Å². The predicted octanol–water partition coefficient (Wildman–Crippen LogP) is 2.34. The van der Waals surface area contributed by atoms with E-state index in [4.69, 9.17) is 4.52 Å². The van der Waals surface area contributed by atoms with Crippen LogP contribution in [0.2, 0.25) is 0 Å². The van der Waals surface area contributed by atoms with Gasteiger partial charge in [-0.25, -0.2) is 14.1 Å². The number of rotatable bonds is 5. The van der Waals surface area contributed by atoms with Gasteiger partial charge in [-0.2, -0.15) is 4.98 Å². The van der Waals surface area contributed by atoms with E-state index in [0.717, 1.165) is 10.4 Å². The Kier molecular flexibility index (Phi) is 4.21. The molecule has 0 fully saturated rings. The van der Waals surface area contributed by atoms with Gasteiger partial charge in [0.1, 0.15) is 18.7 Å². The number of fused-ring (bicyclic) bond motifs is 1. The van der Waals surface area contributed by atoms with E-state index in [1.807, 2.05) is 17.5 Å². The van der Waals surface area contributed by atoms with Crippen LogP contribution < -0.4 is 5.56 Å². The normalized spacial score (nSPS) is 11.3. The minimum atomic E-state index is -0.365. The fourth-order valence-electron chi connectivity index (χ4n) is 2.84. The molecule has 0 spiro atoms. The summed E-state index contributed by atoms with van der Waals surface area (Å²) in [5.74, 6) is 0.444. The molecule has 0 aliphatic rings. The fraction of sp³-hybridized carbons (Fsp3) is 0.111. The molecule has 5 rings (SSSR count). The zero-order valence-corrected chi connectivity index (χ0v) is 15.6. The molecule has 0 unspecified atom stereocenters. The third kappa shape index (κ3) is 3.31. The number of halogens is 1. The molecule has 0 N–H and O–H groups in total. The van der Waals surface area contributed by atoms with Gasteiger partial charge in [0, 0.05) is 0 Å². The van der Waals surface area contributed by atoms with Gasteiger partial charge in [-0.05, 0) is 29.1 Å². The Hall–Kier alpha value is -3.73. The molecule has 1 aromatic carbocycles. The lowest BCUT2D eigenvalue weighted by atomic mass is 10.2. The van der Waals surface area contributed by atoms with Gasteiger partial charge in [0.15, 0.2) is 11.2 Å². The summed E-state index contributed by atoms with van der Waals surface area (Å²) in [6, 6.07) is 9.80. The van der Waals surface area contributed by atoms with Crippen molar-refractivity contribution in [2.24, 2.45) is 0 Å². The Morgan fingerprint density at radius 1 is 1.14 bits per heavy atom. The molecule has 0 saturated heterocycles. The molecular weight excluding hydrogens is 397 g/mol. The average Bonchev–Trinajstić information content (AvgIpc) is 3.47. The summed E-state index contributed by atoms with van der Waals surface area (Å²) in [4.78, 5) is 22.2. The maximum absolute atomic E-state index is 13.1. The van der Waals surface area contributed by atoms with Gasteiger partial charge in [0.05, 0.1) is 11.4 Å². The standard InChI is InChI=1S/C18H12FN7O2S/c19-12-5-3-11(4-6-12)8-26-17-15(22-24-26)18(27)25(10-20-17)9-14-21-16(23-28-14)13-2-1-7-29-13/h1-7,10H,8-9H2. The summed E-state index contributed by atoms with van der Waals surface area (Å²) in [6.07, 6.45) is 1.39. The molecular formula is C18H12FN7O2S. The Balaban J connectivity index is 1.42. The highest BCUT2D eigenvalue weighted by atomic mass is 32.1. The van der Waals surface area contributed by atoms with E-state index in [-0.39, 0.29) is 29.3 Å². The van der Waals surface area contributed by atoms with Crippen molar-refractivity contribution < 1.29 is 8.91 Å². The van der Waals surface area contributed by atoms with E-state index in [0.29, 0.717) is 18.0 Å². The Labute approximate surface area is 166 Å². The average molecular weight is 409 g/mol. The first-order chi connectivity index (χ1) is 14.2. The smallest absolute Gasteiger partial charge is 0.283 e. The van der Waals surface area contributed by atoms with Crippen molar-refractivity contribution in [3.63, 3.8) is 0 Å². The van der Waals surface area contributed by atoms with Crippen molar-refractivity contribution in [2.45, 2.75) is 13.1 Å². The minimum absolute atomic E-state index is 0.0744. The van der Waals surface area contributed by atoms with Gasteiger partial charge in [-0.1, -0.05) is 28.6 Å². The summed E-state index contributed by atoms with van der Waals surface area (Å²) in [7, 11) is 0. The van der Waals surface area contributed by atoms with Crippen molar-refractivity contribution in [1.29, 1.82) is 0 Å². The number of aromatic nitrogens is 7. The van der Waals surface area contributed by atoms with Crippen LogP contribution in [0, 0.1) is 5.82 Å². The fourth-order valence-corrected chi connectivity index (χ4v) is 3.49. The molecule has 0 aliphatic carbocycles. The van der Waals surface area contributed by atoms with Crippen molar-refractivity contribution in [2.75, 3.05) is 0 Å². The number of hydrogen-bond donors (Lipinski definition) is 0. The van der Waals surface area contributed by atoms with Crippen LogP contribution in [0.1, 0.15) is 11.5 Å². The number of thiophene rings is 1.